The molecule has 1 N–H and O–H groups in total. The Hall–Kier alpha value is -1.10. The van der Waals surface area contributed by atoms with Crippen LogP contribution >= 0.6 is 0 Å². The Morgan fingerprint density at radius 1 is 1.14 bits per heavy atom. The smallest absolute Gasteiger partial charge is 0.119 e. The molecular formula is C17H27NO3. The highest BCUT2D eigenvalue weighted by Gasteiger charge is 2.41. The average molecular weight is 293 g/mol. The molecule has 21 heavy (non-hydrogen) atoms. The first-order valence-corrected chi connectivity index (χ1v) is 7.87. The van der Waals surface area contributed by atoms with Crippen molar-refractivity contribution in [2.24, 2.45) is 0 Å². The van der Waals surface area contributed by atoms with E-state index in [9.17, 15) is 0 Å². The van der Waals surface area contributed by atoms with E-state index in [-0.39, 0.29) is 11.6 Å². The van der Waals surface area contributed by atoms with Gasteiger partial charge in [0, 0.05) is 32.7 Å². The first-order chi connectivity index (χ1) is 10.3. The number of hydrogen-bond donors (Lipinski definition) is 1. The molecule has 4 heteroatoms. The molecular weight excluding hydrogens is 266 g/mol. The van der Waals surface area contributed by atoms with Crippen molar-refractivity contribution in [1.82, 2.24) is 5.32 Å². The quantitative estimate of drug-likeness (QED) is 0.839. The zero-order valence-corrected chi connectivity index (χ0v) is 13.4. The third-order valence-electron chi connectivity index (χ3n) is 4.11. The highest BCUT2D eigenvalue weighted by Crippen LogP contribution is 2.38. The summed E-state index contributed by atoms with van der Waals surface area (Å²) in [6.07, 6.45) is 1.83. The van der Waals surface area contributed by atoms with Gasteiger partial charge in [-0.1, -0.05) is 12.1 Å². The first kappa shape index (κ1) is 16.3. The monoisotopic (exact) mass is 293 g/mol. The zero-order valence-electron chi connectivity index (χ0n) is 13.4. The molecule has 0 bridgehead atoms. The molecule has 0 amide bonds. The second-order valence-corrected chi connectivity index (χ2v) is 5.33. The van der Waals surface area contributed by atoms with Crippen LogP contribution in [-0.4, -0.2) is 39.1 Å². The second-order valence-electron chi connectivity index (χ2n) is 5.33. The Labute approximate surface area is 127 Å². The zero-order chi connectivity index (χ0) is 15.1. The molecule has 0 aromatic heterocycles. The molecule has 4 nitrogen and oxygen atoms in total. The summed E-state index contributed by atoms with van der Waals surface area (Å²) in [5.74, 6) is 0.911. The van der Waals surface area contributed by atoms with Gasteiger partial charge in [-0.25, -0.2) is 0 Å². The van der Waals surface area contributed by atoms with Crippen molar-refractivity contribution in [1.29, 1.82) is 0 Å². The molecule has 118 valence electrons. The molecule has 1 atom stereocenters. The van der Waals surface area contributed by atoms with E-state index in [0.717, 1.165) is 38.4 Å². The van der Waals surface area contributed by atoms with Gasteiger partial charge in [-0.3, -0.25) is 0 Å². The maximum atomic E-state index is 6.18. The fourth-order valence-corrected chi connectivity index (χ4v) is 3.18. The molecule has 0 saturated carbocycles. The Bertz CT molecular complexity index is 407. The van der Waals surface area contributed by atoms with Crippen LogP contribution in [0.5, 0.6) is 5.75 Å². The Morgan fingerprint density at radius 2 is 1.81 bits per heavy atom. The summed E-state index contributed by atoms with van der Waals surface area (Å²) in [4.78, 5) is 0. The van der Waals surface area contributed by atoms with Crippen LogP contribution in [0.3, 0.4) is 0 Å². The van der Waals surface area contributed by atoms with E-state index in [1.165, 1.54) is 5.56 Å². The van der Waals surface area contributed by atoms with E-state index in [1.54, 1.807) is 0 Å². The topological polar surface area (TPSA) is 39.7 Å². The van der Waals surface area contributed by atoms with Crippen molar-refractivity contribution in [3.8, 4) is 5.75 Å². The summed E-state index contributed by atoms with van der Waals surface area (Å²) in [5, 5.41) is 3.44. The molecule has 1 aliphatic heterocycles. The minimum Gasteiger partial charge on any atom is -0.494 e. The lowest BCUT2D eigenvalue weighted by Gasteiger charge is -2.43. The van der Waals surface area contributed by atoms with Gasteiger partial charge in [0.1, 0.15) is 5.75 Å². The summed E-state index contributed by atoms with van der Waals surface area (Å²) >= 11 is 0. The van der Waals surface area contributed by atoms with E-state index in [2.05, 4.69) is 24.4 Å². The normalized spacial score (nSPS) is 19.2. The first-order valence-electron chi connectivity index (χ1n) is 7.87. The predicted octanol–water partition coefficient (Wildman–Crippen LogP) is 2.93. The molecule has 1 aromatic rings. The van der Waals surface area contributed by atoms with Crippen molar-refractivity contribution in [3.05, 3.63) is 29.8 Å². The summed E-state index contributed by atoms with van der Waals surface area (Å²) in [5.41, 5.74) is 1.05. The van der Waals surface area contributed by atoms with Gasteiger partial charge < -0.3 is 19.5 Å². The van der Waals surface area contributed by atoms with Gasteiger partial charge in [-0.15, -0.1) is 0 Å². The molecule has 0 aliphatic carbocycles. The maximum absolute atomic E-state index is 6.18. The van der Waals surface area contributed by atoms with Gasteiger partial charge in [-0.2, -0.15) is 0 Å². The molecule has 1 aliphatic rings. The number of rotatable bonds is 7. The SMILES string of the molecule is CCOc1ccc(C(NC)C2(OCC)CCOCC2)cc1. The molecule has 1 fully saturated rings. The summed E-state index contributed by atoms with van der Waals surface area (Å²) in [6.45, 7) is 6.98. The third-order valence-corrected chi connectivity index (χ3v) is 4.11. The van der Waals surface area contributed by atoms with Crippen molar-refractivity contribution < 1.29 is 14.2 Å². The Morgan fingerprint density at radius 3 is 2.33 bits per heavy atom. The van der Waals surface area contributed by atoms with E-state index in [4.69, 9.17) is 14.2 Å². The minimum atomic E-state index is -0.186. The maximum Gasteiger partial charge on any atom is 0.119 e. The van der Waals surface area contributed by atoms with Crippen LogP contribution < -0.4 is 10.1 Å². The fraction of sp³-hybridized carbons (Fsp3) is 0.647. The number of likely N-dealkylation sites (N-methyl/N-ethyl adjacent to an activating group) is 1. The van der Waals surface area contributed by atoms with Gasteiger partial charge >= 0.3 is 0 Å². The van der Waals surface area contributed by atoms with Gasteiger partial charge in [0.2, 0.25) is 0 Å². The van der Waals surface area contributed by atoms with E-state index in [1.807, 2.05) is 26.1 Å². The van der Waals surface area contributed by atoms with Crippen LogP contribution in [0.2, 0.25) is 0 Å². The lowest BCUT2D eigenvalue weighted by atomic mass is 9.82. The second kappa shape index (κ2) is 7.78. The average Bonchev–Trinajstić information content (AvgIpc) is 2.51. The van der Waals surface area contributed by atoms with Crippen LogP contribution in [0.25, 0.3) is 0 Å². The standard InChI is InChI=1S/C17H27NO3/c1-4-20-15-8-6-14(7-9-15)16(18-3)17(21-5-2)10-12-19-13-11-17/h6-9,16,18H,4-5,10-13H2,1-3H3. The lowest BCUT2D eigenvalue weighted by Crippen LogP contribution is -2.49. The van der Waals surface area contributed by atoms with Gasteiger partial charge in [-0.05, 0) is 38.6 Å². The molecule has 2 rings (SSSR count). The van der Waals surface area contributed by atoms with Gasteiger partial charge in [0.05, 0.1) is 18.2 Å². The summed E-state index contributed by atoms with van der Waals surface area (Å²) in [7, 11) is 2.00. The largest absolute Gasteiger partial charge is 0.494 e. The number of ether oxygens (including phenoxy) is 3. The van der Waals surface area contributed by atoms with Crippen molar-refractivity contribution in [3.63, 3.8) is 0 Å². The number of benzene rings is 1. The Kier molecular flexibility index (Phi) is 6.03. The highest BCUT2D eigenvalue weighted by atomic mass is 16.5. The molecule has 1 aromatic carbocycles. The van der Waals surface area contributed by atoms with Crippen LogP contribution in [-0.2, 0) is 9.47 Å². The van der Waals surface area contributed by atoms with Crippen LogP contribution in [0.1, 0.15) is 38.3 Å². The summed E-state index contributed by atoms with van der Waals surface area (Å²) in [6, 6.07) is 8.48. The van der Waals surface area contributed by atoms with Gasteiger partial charge in [0.15, 0.2) is 0 Å². The third kappa shape index (κ3) is 3.76. The number of hydrogen-bond acceptors (Lipinski definition) is 4. The van der Waals surface area contributed by atoms with E-state index < -0.39 is 0 Å². The van der Waals surface area contributed by atoms with E-state index >= 15 is 0 Å². The summed E-state index contributed by atoms with van der Waals surface area (Å²) < 4.78 is 17.2. The number of nitrogens with one attached hydrogen (secondary N) is 1. The lowest BCUT2D eigenvalue weighted by molar-refractivity contribution is -0.127. The van der Waals surface area contributed by atoms with Crippen LogP contribution in [0, 0.1) is 0 Å². The molecule has 0 radical (unpaired) electrons. The van der Waals surface area contributed by atoms with Crippen LogP contribution in [0.15, 0.2) is 24.3 Å². The predicted molar refractivity (Wildman–Crippen MR) is 83.8 cm³/mol. The molecule has 0 spiro atoms. The van der Waals surface area contributed by atoms with Gasteiger partial charge in [0.25, 0.3) is 0 Å². The van der Waals surface area contributed by atoms with Crippen molar-refractivity contribution in [2.45, 2.75) is 38.3 Å². The molecule has 1 heterocycles. The minimum absolute atomic E-state index is 0.164. The highest BCUT2D eigenvalue weighted by molar-refractivity contribution is 5.31. The van der Waals surface area contributed by atoms with Crippen molar-refractivity contribution in [2.75, 3.05) is 33.5 Å². The Balaban J connectivity index is 2.22. The van der Waals surface area contributed by atoms with Crippen LogP contribution in [0.4, 0.5) is 0 Å². The fourth-order valence-electron chi connectivity index (χ4n) is 3.18. The van der Waals surface area contributed by atoms with E-state index in [0.29, 0.717) is 6.61 Å². The molecule has 1 unspecified atom stereocenters. The van der Waals surface area contributed by atoms with Crippen molar-refractivity contribution >= 4 is 0 Å². The molecule has 1 saturated heterocycles.